The average molecular weight is 507 g/mol. The molecule has 7 rings (SSSR count). The Bertz CT molecular complexity index is 1060. The van der Waals surface area contributed by atoms with Gasteiger partial charge in [0.15, 0.2) is 23.0 Å². The summed E-state index contributed by atoms with van der Waals surface area (Å²) in [6.45, 7) is 1.35. The Morgan fingerprint density at radius 3 is 1.49 bits per heavy atom. The molecule has 37 heavy (non-hydrogen) atoms. The van der Waals surface area contributed by atoms with E-state index in [9.17, 15) is 9.59 Å². The van der Waals surface area contributed by atoms with Crippen molar-refractivity contribution < 1.29 is 33.3 Å². The molecule has 4 bridgehead atoms. The first-order valence-electron chi connectivity index (χ1n) is 13.4. The Morgan fingerprint density at radius 2 is 1.03 bits per heavy atom. The van der Waals surface area contributed by atoms with Crippen LogP contribution in [0.1, 0.15) is 51.4 Å². The molecule has 7 nitrogen and oxygen atoms in total. The van der Waals surface area contributed by atoms with Crippen molar-refractivity contribution in [3.8, 4) is 23.0 Å². The van der Waals surface area contributed by atoms with Gasteiger partial charge in [-0.15, -0.1) is 0 Å². The third-order valence-electron chi connectivity index (χ3n) is 8.46. The fourth-order valence-corrected chi connectivity index (χ4v) is 7.82. The largest absolute Gasteiger partial charge is 0.487 e. The first-order chi connectivity index (χ1) is 18.0. The average Bonchev–Trinajstić information content (AvgIpc) is 2.83. The van der Waals surface area contributed by atoms with Crippen molar-refractivity contribution in [1.82, 2.24) is 0 Å². The highest BCUT2D eigenvalue weighted by Gasteiger charge is 2.58. The van der Waals surface area contributed by atoms with E-state index in [4.69, 9.17) is 23.7 Å². The highest BCUT2D eigenvalue weighted by Crippen LogP contribution is 2.67. The summed E-state index contributed by atoms with van der Waals surface area (Å²) in [7, 11) is 0. The molecular formula is C30H34O7. The number of carbonyl (C=O) groups excluding carboxylic acids is 2. The summed E-state index contributed by atoms with van der Waals surface area (Å²) in [6.07, 6.45) is 6.91. The maximum atomic E-state index is 13.2. The summed E-state index contributed by atoms with van der Waals surface area (Å²) in [4.78, 5) is 26.5. The van der Waals surface area contributed by atoms with Gasteiger partial charge in [0.1, 0.15) is 13.2 Å². The van der Waals surface area contributed by atoms with E-state index >= 15 is 0 Å². The van der Waals surface area contributed by atoms with E-state index in [1.165, 1.54) is 6.42 Å². The van der Waals surface area contributed by atoms with Crippen molar-refractivity contribution in [2.45, 2.75) is 51.4 Å². The van der Waals surface area contributed by atoms with Gasteiger partial charge in [-0.3, -0.25) is 9.59 Å². The lowest BCUT2D eigenvalue weighted by atomic mass is 9.43. The lowest BCUT2D eigenvalue weighted by Gasteiger charge is -2.62. The van der Waals surface area contributed by atoms with Gasteiger partial charge in [0.2, 0.25) is 0 Å². The van der Waals surface area contributed by atoms with Gasteiger partial charge in [0, 0.05) is 0 Å². The van der Waals surface area contributed by atoms with Crippen molar-refractivity contribution in [2.24, 2.45) is 22.7 Å². The van der Waals surface area contributed by atoms with E-state index in [2.05, 4.69) is 0 Å². The van der Waals surface area contributed by atoms with Gasteiger partial charge < -0.3 is 23.7 Å². The number of hydrogen-bond acceptors (Lipinski definition) is 7. The lowest BCUT2D eigenvalue weighted by Crippen LogP contribution is -2.53. The molecule has 4 fully saturated rings. The van der Waals surface area contributed by atoms with E-state index in [0.29, 0.717) is 74.1 Å². The van der Waals surface area contributed by atoms with Crippen molar-refractivity contribution in [3.05, 3.63) is 48.5 Å². The first-order valence-corrected chi connectivity index (χ1v) is 13.4. The maximum Gasteiger partial charge on any atom is 0.311 e. The molecule has 5 aliphatic rings. The van der Waals surface area contributed by atoms with E-state index in [-0.39, 0.29) is 22.8 Å². The molecule has 7 heteroatoms. The minimum absolute atomic E-state index is 0.118. The second-order valence-corrected chi connectivity index (χ2v) is 11.5. The minimum Gasteiger partial charge on any atom is -0.487 e. The first kappa shape index (κ1) is 24.3. The molecule has 1 aliphatic heterocycles. The molecule has 4 aliphatic carbocycles. The lowest BCUT2D eigenvalue weighted by molar-refractivity contribution is -0.157. The molecule has 0 atom stereocenters. The summed E-state index contributed by atoms with van der Waals surface area (Å²) in [5.41, 5.74) is -0.236. The summed E-state index contributed by atoms with van der Waals surface area (Å²) in [5, 5.41) is 0. The summed E-state index contributed by atoms with van der Waals surface area (Å²) in [6, 6.07) is 14.5. The summed E-state index contributed by atoms with van der Waals surface area (Å²) < 4.78 is 29.1. The van der Waals surface area contributed by atoms with Crippen LogP contribution in [0.5, 0.6) is 23.0 Å². The third kappa shape index (κ3) is 5.33. The highest BCUT2D eigenvalue weighted by molar-refractivity contribution is 5.75. The third-order valence-corrected chi connectivity index (χ3v) is 8.46. The SMILES string of the molecule is O=C1CC23CC4CC(C2)CC(CC(=O)Oc2ccccc2OCCOCCOc2ccccc2O1)(C4)C3. The number of ether oxygens (including phenoxy) is 5. The van der Waals surface area contributed by atoms with Crippen LogP contribution in [0.4, 0.5) is 0 Å². The normalized spacial score (nSPS) is 32.1. The van der Waals surface area contributed by atoms with Crippen LogP contribution >= 0.6 is 0 Å². The van der Waals surface area contributed by atoms with Crippen molar-refractivity contribution in [3.63, 3.8) is 0 Å². The molecule has 0 saturated heterocycles. The molecule has 0 radical (unpaired) electrons. The predicted molar refractivity (Wildman–Crippen MR) is 135 cm³/mol. The van der Waals surface area contributed by atoms with Gasteiger partial charge in [-0.2, -0.15) is 0 Å². The minimum atomic E-state index is -0.229. The van der Waals surface area contributed by atoms with Gasteiger partial charge in [0.05, 0.1) is 26.1 Å². The van der Waals surface area contributed by atoms with Gasteiger partial charge in [-0.1, -0.05) is 24.3 Å². The summed E-state index contributed by atoms with van der Waals surface area (Å²) >= 11 is 0. The highest BCUT2D eigenvalue weighted by atomic mass is 16.6. The van der Waals surface area contributed by atoms with Crippen LogP contribution in [0.2, 0.25) is 0 Å². The standard InChI is InChI=1S/C30H34O7/c31-27-18-29-14-21-13-22(15-29)17-30(16-21,20-29)19-28(32)37-26-8-4-2-6-24(26)35-12-10-33-9-11-34-23-5-1-3-7-25(23)36-27/h1-8,21-22H,9-20H2. The zero-order valence-corrected chi connectivity index (χ0v) is 21.1. The van der Waals surface area contributed by atoms with E-state index in [1.807, 2.05) is 24.3 Å². The van der Waals surface area contributed by atoms with Crippen molar-refractivity contribution in [2.75, 3.05) is 26.4 Å². The van der Waals surface area contributed by atoms with Crippen LogP contribution in [0.15, 0.2) is 48.5 Å². The Labute approximate surface area is 217 Å². The number of fused-ring (bicyclic) bond motifs is 2. The Balaban J connectivity index is 1.26. The quantitative estimate of drug-likeness (QED) is 0.352. The van der Waals surface area contributed by atoms with Gasteiger partial charge >= 0.3 is 11.9 Å². The van der Waals surface area contributed by atoms with Gasteiger partial charge in [-0.25, -0.2) is 0 Å². The molecule has 0 unspecified atom stereocenters. The van der Waals surface area contributed by atoms with Crippen LogP contribution in [0.3, 0.4) is 0 Å². The van der Waals surface area contributed by atoms with Crippen LogP contribution in [0.25, 0.3) is 0 Å². The fourth-order valence-electron chi connectivity index (χ4n) is 7.82. The van der Waals surface area contributed by atoms with Crippen LogP contribution in [0, 0.1) is 22.7 Å². The molecule has 2 spiro atoms. The predicted octanol–water partition coefficient (Wildman–Crippen LogP) is 5.35. The number of esters is 2. The Hall–Kier alpha value is -3.06. The molecule has 196 valence electrons. The molecule has 0 amide bonds. The molecule has 1 heterocycles. The van der Waals surface area contributed by atoms with Gasteiger partial charge in [-0.05, 0) is 85.5 Å². The van der Waals surface area contributed by atoms with Gasteiger partial charge in [0.25, 0.3) is 0 Å². The molecule has 4 saturated carbocycles. The number of carbonyl (C=O) groups is 2. The number of hydrogen-bond donors (Lipinski definition) is 0. The van der Waals surface area contributed by atoms with Crippen molar-refractivity contribution >= 4 is 11.9 Å². The smallest absolute Gasteiger partial charge is 0.311 e. The van der Waals surface area contributed by atoms with Crippen molar-refractivity contribution in [1.29, 1.82) is 0 Å². The summed E-state index contributed by atoms with van der Waals surface area (Å²) in [5.74, 6) is 2.57. The molecule has 2 aromatic rings. The number of rotatable bonds is 0. The van der Waals surface area contributed by atoms with Crippen LogP contribution < -0.4 is 18.9 Å². The zero-order valence-electron chi connectivity index (χ0n) is 21.1. The second kappa shape index (κ2) is 10.0. The molecular weight excluding hydrogens is 472 g/mol. The van der Waals surface area contributed by atoms with Crippen LogP contribution in [-0.4, -0.2) is 38.4 Å². The number of para-hydroxylation sites is 4. The van der Waals surface area contributed by atoms with E-state index in [0.717, 1.165) is 32.1 Å². The zero-order chi connectivity index (χ0) is 25.3. The number of benzene rings is 2. The van der Waals surface area contributed by atoms with E-state index in [1.54, 1.807) is 24.3 Å². The van der Waals surface area contributed by atoms with Crippen LogP contribution in [-0.2, 0) is 14.3 Å². The Kier molecular flexibility index (Phi) is 6.57. The molecule has 2 aromatic carbocycles. The fraction of sp³-hybridized carbons (Fsp3) is 0.533. The second-order valence-electron chi connectivity index (χ2n) is 11.5. The molecule has 0 aromatic heterocycles. The molecule has 0 N–H and O–H groups in total. The monoisotopic (exact) mass is 506 g/mol. The maximum absolute atomic E-state index is 13.2. The topological polar surface area (TPSA) is 80.3 Å². The van der Waals surface area contributed by atoms with E-state index < -0.39 is 0 Å². The Morgan fingerprint density at radius 1 is 0.595 bits per heavy atom.